The van der Waals surface area contributed by atoms with Crippen molar-refractivity contribution in [2.24, 2.45) is 5.92 Å². The molecule has 3 unspecified atom stereocenters. The number of Topliss-reactive ketones (excluding diaryl/α,β-unsaturated/α-hetero) is 1. The first-order chi connectivity index (χ1) is 11.0. The van der Waals surface area contributed by atoms with Crippen LogP contribution in [0.15, 0.2) is 12.2 Å². The van der Waals surface area contributed by atoms with Crippen LogP contribution in [-0.4, -0.2) is 60.2 Å². The van der Waals surface area contributed by atoms with Crippen molar-refractivity contribution in [2.45, 2.75) is 49.4 Å². The van der Waals surface area contributed by atoms with Gasteiger partial charge in [-0.3, -0.25) is 25.1 Å². The Morgan fingerprint density at radius 1 is 1.39 bits per heavy atom. The van der Waals surface area contributed by atoms with Gasteiger partial charge in [0.1, 0.15) is 0 Å². The van der Waals surface area contributed by atoms with Gasteiger partial charge in [0.25, 0.3) is 6.04 Å². The van der Waals surface area contributed by atoms with Gasteiger partial charge in [0.05, 0.1) is 0 Å². The van der Waals surface area contributed by atoms with Crippen LogP contribution in [0.5, 0.6) is 0 Å². The Balaban J connectivity index is 2.08. The number of nitrogens with zero attached hydrogens (tertiary/aromatic N) is 2. The highest BCUT2D eigenvalue weighted by atomic mass is 16.6. The first-order valence-corrected chi connectivity index (χ1v) is 8.36. The van der Waals surface area contributed by atoms with Crippen molar-refractivity contribution in [3.63, 3.8) is 0 Å². The van der Waals surface area contributed by atoms with Crippen LogP contribution in [-0.2, 0) is 9.53 Å². The van der Waals surface area contributed by atoms with E-state index in [1.165, 1.54) is 7.11 Å². The largest absolute Gasteiger partial charge is 0.356 e. The number of nitro groups is 1. The summed E-state index contributed by atoms with van der Waals surface area (Å²) in [4.78, 5) is 26.8. The minimum atomic E-state index is -1.29. The van der Waals surface area contributed by atoms with Gasteiger partial charge in [0, 0.05) is 37.5 Å². The van der Waals surface area contributed by atoms with E-state index in [2.05, 4.69) is 10.2 Å². The van der Waals surface area contributed by atoms with Gasteiger partial charge in [0.15, 0.2) is 17.0 Å². The monoisotopic (exact) mass is 323 g/mol. The van der Waals surface area contributed by atoms with Crippen LogP contribution < -0.4 is 5.32 Å². The van der Waals surface area contributed by atoms with Crippen molar-refractivity contribution in [2.75, 3.05) is 27.2 Å². The third kappa shape index (κ3) is 2.42. The van der Waals surface area contributed by atoms with E-state index in [4.69, 9.17) is 4.74 Å². The first kappa shape index (κ1) is 16.5. The number of hydrogen-bond donors (Lipinski definition) is 1. The molecule has 1 heterocycles. The van der Waals surface area contributed by atoms with E-state index < -0.39 is 17.3 Å². The van der Waals surface area contributed by atoms with Crippen molar-refractivity contribution in [1.82, 2.24) is 10.2 Å². The van der Waals surface area contributed by atoms with Crippen molar-refractivity contribution in [3.05, 3.63) is 22.3 Å². The van der Waals surface area contributed by atoms with Crippen LogP contribution in [0, 0.1) is 16.0 Å². The molecule has 2 fully saturated rings. The fourth-order valence-corrected chi connectivity index (χ4v) is 4.27. The number of rotatable bonds is 6. The molecule has 23 heavy (non-hydrogen) atoms. The Morgan fingerprint density at radius 3 is 2.52 bits per heavy atom. The number of nitrogens with one attached hydrogen (secondary N) is 1. The molecule has 0 amide bonds. The zero-order valence-corrected chi connectivity index (χ0v) is 13.8. The number of carbonyl (C=O) groups excluding carboxylic acids is 1. The zero-order valence-electron chi connectivity index (χ0n) is 13.8. The molecule has 1 saturated carbocycles. The number of likely N-dealkylation sites (tertiary alicyclic amines) is 1. The molecule has 0 aromatic heterocycles. The molecule has 128 valence electrons. The maximum absolute atomic E-state index is 13.0. The van der Waals surface area contributed by atoms with E-state index >= 15 is 0 Å². The van der Waals surface area contributed by atoms with E-state index in [0.29, 0.717) is 6.42 Å². The topological polar surface area (TPSA) is 84.7 Å². The standard InChI is InChI=1S/C16H25N3O4/c1-17-15(13(20)12-6-7-12)8-5-9-16(23-2,14(15)19(21)22)18-10-3-4-11-18/h5,8,12,14,17H,3-4,6-7,9-11H2,1-2H3. The minimum Gasteiger partial charge on any atom is -0.356 e. The van der Waals surface area contributed by atoms with Gasteiger partial charge in [0.2, 0.25) is 0 Å². The quantitative estimate of drug-likeness (QED) is 0.445. The molecular weight excluding hydrogens is 298 g/mol. The normalized spacial score (nSPS) is 37.9. The van der Waals surface area contributed by atoms with Crippen LogP contribution in [0.3, 0.4) is 0 Å². The lowest BCUT2D eigenvalue weighted by atomic mass is 9.72. The summed E-state index contributed by atoms with van der Waals surface area (Å²) in [7, 11) is 3.16. The predicted molar refractivity (Wildman–Crippen MR) is 84.6 cm³/mol. The third-order valence-electron chi connectivity index (χ3n) is 5.62. The van der Waals surface area contributed by atoms with Gasteiger partial charge < -0.3 is 4.74 Å². The average molecular weight is 323 g/mol. The second kappa shape index (κ2) is 5.96. The number of carbonyl (C=O) groups is 1. The Bertz CT molecular complexity index is 527. The lowest BCUT2D eigenvalue weighted by Gasteiger charge is -2.48. The lowest BCUT2D eigenvalue weighted by molar-refractivity contribution is -0.564. The van der Waals surface area contributed by atoms with E-state index in [1.54, 1.807) is 13.1 Å². The molecule has 2 aliphatic carbocycles. The molecular formula is C16H25N3O4. The highest BCUT2D eigenvalue weighted by molar-refractivity contribution is 5.95. The van der Waals surface area contributed by atoms with Gasteiger partial charge in [-0.25, -0.2) is 0 Å². The average Bonchev–Trinajstić information content (AvgIpc) is 3.26. The minimum absolute atomic E-state index is 0.0687. The lowest BCUT2D eigenvalue weighted by Crippen LogP contribution is -2.74. The van der Waals surface area contributed by atoms with E-state index in [-0.39, 0.29) is 16.6 Å². The van der Waals surface area contributed by atoms with Gasteiger partial charge in [-0.05, 0) is 32.7 Å². The molecule has 7 nitrogen and oxygen atoms in total. The summed E-state index contributed by atoms with van der Waals surface area (Å²) in [5, 5.41) is 15.1. The van der Waals surface area contributed by atoms with Crippen LogP contribution in [0.4, 0.5) is 0 Å². The molecule has 1 aliphatic heterocycles. The molecule has 3 atom stereocenters. The fourth-order valence-electron chi connectivity index (χ4n) is 4.27. The van der Waals surface area contributed by atoms with Crippen LogP contribution in [0.2, 0.25) is 0 Å². The summed E-state index contributed by atoms with van der Waals surface area (Å²) < 4.78 is 5.78. The smallest absolute Gasteiger partial charge is 0.283 e. The molecule has 0 radical (unpaired) electrons. The molecule has 7 heteroatoms. The predicted octanol–water partition coefficient (Wildman–Crippen LogP) is 0.967. The van der Waals surface area contributed by atoms with E-state index in [1.807, 2.05) is 6.08 Å². The number of hydrogen-bond acceptors (Lipinski definition) is 6. The van der Waals surface area contributed by atoms with Crippen LogP contribution in [0.25, 0.3) is 0 Å². The van der Waals surface area contributed by atoms with Crippen molar-refractivity contribution in [1.29, 1.82) is 0 Å². The highest BCUT2D eigenvalue weighted by Gasteiger charge is 2.67. The second-order valence-corrected chi connectivity index (χ2v) is 6.80. The van der Waals surface area contributed by atoms with Gasteiger partial charge in [-0.1, -0.05) is 12.2 Å². The number of likely N-dealkylation sites (N-methyl/N-ethyl adjacent to an activating group) is 1. The summed E-state index contributed by atoms with van der Waals surface area (Å²) in [6.07, 6.45) is 7.66. The summed E-state index contributed by atoms with van der Waals surface area (Å²) in [5.41, 5.74) is -2.36. The molecule has 0 bridgehead atoms. The maximum Gasteiger partial charge on any atom is 0.283 e. The number of methoxy groups -OCH3 is 1. The van der Waals surface area contributed by atoms with Gasteiger partial charge in [-0.2, -0.15) is 0 Å². The summed E-state index contributed by atoms with van der Waals surface area (Å²) >= 11 is 0. The highest BCUT2D eigenvalue weighted by Crippen LogP contribution is 2.44. The Labute approximate surface area is 136 Å². The molecule has 3 aliphatic rings. The van der Waals surface area contributed by atoms with Crippen molar-refractivity contribution < 1.29 is 14.5 Å². The van der Waals surface area contributed by atoms with Crippen molar-refractivity contribution >= 4 is 5.78 Å². The van der Waals surface area contributed by atoms with Gasteiger partial charge in [-0.15, -0.1) is 0 Å². The number of ether oxygens (including phenoxy) is 1. The molecule has 1 saturated heterocycles. The molecule has 0 aromatic carbocycles. The first-order valence-electron chi connectivity index (χ1n) is 8.36. The third-order valence-corrected chi connectivity index (χ3v) is 5.62. The maximum atomic E-state index is 13.0. The van der Waals surface area contributed by atoms with Crippen molar-refractivity contribution in [3.8, 4) is 0 Å². The zero-order chi connectivity index (χ0) is 16.7. The van der Waals surface area contributed by atoms with E-state index in [9.17, 15) is 14.9 Å². The Kier molecular flexibility index (Phi) is 4.29. The second-order valence-electron chi connectivity index (χ2n) is 6.80. The van der Waals surface area contributed by atoms with Crippen LogP contribution >= 0.6 is 0 Å². The van der Waals surface area contributed by atoms with Crippen LogP contribution in [0.1, 0.15) is 32.1 Å². The summed E-state index contributed by atoms with van der Waals surface area (Å²) in [5.74, 6) is -0.140. The molecule has 0 aromatic rings. The fraction of sp³-hybridized carbons (Fsp3) is 0.812. The Hall–Kier alpha value is -1.31. The van der Waals surface area contributed by atoms with E-state index in [0.717, 1.165) is 38.8 Å². The summed E-state index contributed by atoms with van der Waals surface area (Å²) in [6.45, 7) is 1.53. The number of ketones is 1. The molecule has 1 N–H and O–H groups in total. The Morgan fingerprint density at radius 2 is 2.04 bits per heavy atom. The SMILES string of the molecule is CNC1(C(=O)C2CC2)C=CCC(OC)(N2CCCC2)C1[N+](=O)[O-]. The molecule has 3 rings (SSSR count). The van der Waals surface area contributed by atoms with Gasteiger partial charge >= 0.3 is 0 Å². The summed E-state index contributed by atoms with van der Waals surface area (Å²) in [6, 6.07) is -1.15. The molecule has 0 spiro atoms.